The van der Waals surface area contributed by atoms with Crippen molar-refractivity contribution in [3.63, 3.8) is 0 Å². The Morgan fingerprint density at radius 3 is 2.60 bits per heavy atom. The van der Waals surface area contributed by atoms with Crippen molar-refractivity contribution >= 4 is 10.9 Å². The van der Waals surface area contributed by atoms with Crippen LogP contribution in [0.3, 0.4) is 0 Å². The molecule has 124 valence electrons. The number of hydrogen-bond acceptors (Lipinski definition) is 4. The highest BCUT2D eigenvalue weighted by molar-refractivity contribution is 5.77. The summed E-state index contributed by atoms with van der Waals surface area (Å²) in [5.74, 6) is -0.461. The number of benzene rings is 2. The Bertz CT molecular complexity index is 1120. The van der Waals surface area contributed by atoms with Gasteiger partial charge in [-0.2, -0.15) is 0 Å². The zero-order chi connectivity index (χ0) is 17.4. The van der Waals surface area contributed by atoms with Crippen LogP contribution in [0, 0.1) is 11.6 Å². The van der Waals surface area contributed by atoms with E-state index in [0.29, 0.717) is 28.1 Å². The number of hydrogen-bond donors (Lipinski definition) is 0. The molecule has 7 heteroatoms. The molecule has 0 saturated heterocycles. The topological polar surface area (TPSA) is 60.9 Å². The van der Waals surface area contributed by atoms with E-state index >= 15 is 0 Å². The van der Waals surface area contributed by atoms with E-state index in [1.807, 2.05) is 0 Å². The number of nitrogens with zero attached hydrogens (tertiary/aromatic N) is 3. The highest BCUT2D eigenvalue weighted by Gasteiger charge is 2.10. The van der Waals surface area contributed by atoms with Crippen LogP contribution in [-0.2, 0) is 6.54 Å². The van der Waals surface area contributed by atoms with Crippen LogP contribution >= 0.6 is 0 Å². The third-order valence-electron chi connectivity index (χ3n) is 3.76. The average molecular weight is 339 g/mol. The van der Waals surface area contributed by atoms with Crippen molar-refractivity contribution in [1.29, 1.82) is 0 Å². The molecule has 4 rings (SSSR count). The van der Waals surface area contributed by atoms with E-state index in [1.165, 1.54) is 47.5 Å². The molecule has 5 nitrogen and oxygen atoms in total. The number of halogens is 2. The summed E-state index contributed by atoms with van der Waals surface area (Å²) in [5.41, 5.74) is 1.15. The molecule has 0 atom stereocenters. The first-order valence-electron chi connectivity index (χ1n) is 7.45. The van der Waals surface area contributed by atoms with E-state index in [9.17, 15) is 13.6 Å². The third-order valence-corrected chi connectivity index (χ3v) is 3.76. The lowest BCUT2D eigenvalue weighted by Crippen LogP contribution is -2.21. The van der Waals surface area contributed by atoms with E-state index in [0.717, 1.165) is 0 Å². The second kappa shape index (κ2) is 5.94. The first-order valence-corrected chi connectivity index (χ1v) is 7.45. The van der Waals surface area contributed by atoms with Crippen molar-refractivity contribution in [1.82, 2.24) is 14.5 Å². The van der Waals surface area contributed by atoms with Gasteiger partial charge in [0.2, 0.25) is 5.89 Å². The summed E-state index contributed by atoms with van der Waals surface area (Å²) in [6.07, 6.45) is 2.77. The molecule has 4 aromatic rings. The Morgan fingerprint density at radius 2 is 1.80 bits per heavy atom. The second-order valence-electron chi connectivity index (χ2n) is 5.49. The average Bonchev–Trinajstić information content (AvgIpc) is 3.06. The Hall–Kier alpha value is -3.35. The van der Waals surface area contributed by atoms with E-state index < -0.39 is 5.82 Å². The van der Waals surface area contributed by atoms with Crippen molar-refractivity contribution in [3.05, 3.63) is 82.7 Å². The van der Waals surface area contributed by atoms with E-state index in [4.69, 9.17) is 4.42 Å². The van der Waals surface area contributed by atoms with Gasteiger partial charge in [-0.25, -0.2) is 18.7 Å². The summed E-state index contributed by atoms with van der Waals surface area (Å²) in [7, 11) is 0. The summed E-state index contributed by atoms with van der Waals surface area (Å²) in [6.45, 7) is 0.157. The van der Waals surface area contributed by atoms with Crippen LogP contribution < -0.4 is 5.56 Å². The maximum Gasteiger partial charge on any atom is 0.261 e. The van der Waals surface area contributed by atoms with Crippen molar-refractivity contribution in [2.75, 3.05) is 0 Å². The molecule has 0 saturated carbocycles. The minimum absolute atomic E-state index is 0.157. The number of rotatable bonds is 3. The maximum absolute atomic E-state index is 13.2. The van der Waals surface area contributed by atoms with Crippen molar-refractivity contribution in [2.45, 2.75) is 6.54 Å². The summed E-state index contributed by atoms with van der Waals surface area (Å²) < 4.78 is 32.9. The molecule has 2 aromatic heterocycles. The SMILES string of the molecule is O=c1c2ccc(F)cc2ncn1Cc1coc(-c2ccc(F)cc2)n1. The first-order chi connectivity index (χ1) is 12.1. The van der Waals surface area contributed by atoms with Crippen LogP contribution in [0.5, 0.6) is 0 Å². The summed E-state index contributed by atoms with van der Waals surface area (Å²) in [4.78, 5) is 20.9. The number of oxazole rings is 1. The van der Waals surface area contributed by atoms with Crippen LogP contribution in [0.4, 0.5) is 8.78 Å². The summed E-state index contributed by atoms with van der Waals surface area (Å²) in [5, 5.41) is 0.325. The molecule has 0 N–H and O–H groups in total. The van der Waals surface area contributed by atoms with E-state index in [-0.39, 0.29) is 17.9 Å². The normalized spacial score (nSPS) is 11.1. The predicted molar refractivity (Wildman–Crippen MR) is 87.0 cm³/mol. The van der Waals surface area contributed by atoms with Gasteiger partial charge in [-0.3, -0.25) is 9.36 Å². The lowest BCUT2D eigenvalue weighted by Gasteiger charge is -2.04. The molecule has 0 amide bonds. The molecule has 0 fully saturated rings. The molecule has 0 bridgehead atoms. The third kappa shape index (κ3) is 2.91. The quantitative estimate of drug-likeness (QED) is 0.574. The largest absolute Gasteiger partial charge is 0.444 e. The maximum atomic E-state index is 13.2. The fourth-order valence-electron chi connectivity index (χ4n) is 2.52. The van der Waals surface area contributed by atoms with Crippen molar-refractivity contribution < 1.29 is 13.2 Å². The van der Waals surface area contributed by atoms with Gasteiger partial charge in [-0.1, -0.05) is 0 Å². The Kier molecular flexibility index (Phi) is 3.61. The lowest BCUT2D eigenvalue weighted by molar-refractivity contribution is 0.570. The van der Waals surface area contributed by atoms with E-state index in [1.54, 1.807) is 12.1 Å². The van der Waals surface area contributed by atoms with Gasteiger partial charge in [0.25, 0.3) is 5.56 Å². The zero-order valence-electron chi connectivity index (χ0n) is 12.8. The van der Waals surface area contributed by atoms with Crippen LogP contribution in [0.2, 0.25) is 0 Å². The van der Waals surface area contributed by atoms with Crippen LogP contribution in [0.15, 0.2) is 64.3 Å². The number of fused-ring (bicyclic) bond motifs is 1. The highest BCUT2D eigenvalue weighted by atomic mass is 19.1. The van der Waals surface area contributed by atoms with Gasteiger partial charge in [0.05, 0.1) is 29.5 Å². The molecule has 0 aliphatic rings. The fourth-order valence-corrected chi connectivity index (χ4v) is 2.52. The van der Waals surface area contributed by atoms with Crippen LogP contribution in [0.25, 0.3) is 22.4 Å². The monoisotopic (exact) mass is 339 g/mol. The lowest BCUT2D eigenvalue weighted by atomic mass is 10.2. The molecule has 0 spiro atoms. The van der Waals surface area contributed by atoms with Crippen LogP contribution in [-0.4, -0.2) is 14.5 Å². The molecule has 0 radical (unpaired) electrons. The molecule has 0 aliphatic carbocycles. The summed E-state index contributed by atoms with van der Waals surface area (Å²) in [6, 6.07) is 9.59. The van der Waals surface area contributed by atoms with Gasteiger partial charge in [0.15, 0.2) is 0 Å². The first kappa shape index (κ1) is 15.2. The molecule has 25 heavy (non-hydrogen) atoms. The standard InChI is InChI=1S/C18H11F2N3O2/c19-12-3-1-11(2-4-12)17-22-14(9-25-17)8-23-10-21-16-7-13(20)5-6-15(16)18(23)24/h1-7,9-10H,8H2. The van der Waals surface area contributed by atoms with Gasteiger partial charge in [0, 0.05) is 11.6 Å². The van der Waals surface area contributed by atoms with Gasteiger partial charge in [-0.05, 0) is 36.4 Å². The molecule has 2 heterocycles. The van der Waals surface area contributed by atoms with Crippen molar-refractivity contribution in [2.24, 2.45) is 0 Å². The van der Waals surface area contributed by atoms with Gasteiger partial charge < -0.3 is 4.42 Å². The highest BCUT2D eigenvalue weighted by Crippen LogP contribution is 2.19. The fraction of sp³-hybridized carbons (Fsp3) is 0.0556. The second-order valence-corrected chi connectivity index (χ2v) is 5.49. The van der Waals surface area contributed by atoms with Crippen LogP contribution in [0.1, 0.15) is 5.69 Å². The van der Waals surface area contributed by atoms with Gasteiger partial charge in [0.1, 0.15) is 17.9 Å². The van der Waals surface area contributed by atoms with E-state index in [2.05, 4.69) is 9.97 Å². The zero-order valence-corrected chi connectivity index (χ0v) is 12.8. The molecule has 0 unspecified atom stereocenters. The Morgan fingerprint density at radius 1 is 1.04 bits per heavy atom. The minimum atomic E-state index is -0.447. The molecular formula is C18H11F2N3O2. The molecular weight excluding hydrogens is 328 g/mol. The summed E-state index contributed by atoms with van der Waals surface area (Å²) >= 11 is 0. The van der Waals surface area contributed by atoms with Crippen molar-refractivity contribution in [3.8, 4) is 11.5 Å². The molecule has 2 aromatic carbocycles. The molecule has 0 aliphatic heterocycles. The number of aromatic nitrogens is 3. The minimum Gasteiger partial charge on any atom is -0.444 e. The smallest absolute Gasteiger partial charge is 0.261 e. The predicted octanol–water partition coefficient (Wildman–Crippen LogP) is 3.38. The van der Waals surface area contributed by atoms with Gasteiger partial charge in [-0.15, -0.1) is 0 Å². The van der Waals surface area contributed by atoms with Gasteiger partial charge >= 0.3 is 0 Å². The Balaban J connectivity index is 1.66. The Labute approximate surface area is 140 Å².